The van der Waals surface area contributed by atoms with E-state index < -0.39 is 0 Å². The Hall–Kier alpha value is -1.89. The zero-order chi connectivity index (χ0) is 18.1. The van der Waals surface area contributed by atoms with E-state index >= 15 is 0 Å². The second-order valence-corrected chi connectivity index (χ2v) is 9.00. The van der Waals surface area contributed by atoms with Crippen LogP contribution in [0, 0.1) is 6.92 Å². The average molecular weight is 404 g/mol. The topological polar surface area (TPSA) is 45.2 Å². The standard InChI is InChI=1S/C19H18ClN3OS2/c1-12-17(26-18(21-12)15-7-8-16(20)25-15)19(24)23-10-9-14(11-23)22-13-5-3-2-4-6-13/h2-8,14,22H,9-11H2,1H3. The molecule has 1 fully saturated rings. The number of nitrogens with zero attached hydrogens (tertiary/aromatic N) is 2. The Bertz CT molecular complexity index is 922. The van der Waals surface area contributed by atoms with Crippen molar-refractivity contribution in [3.8, 4) is 9.88 Å². The molecule has 0 aliphatic carbocycles. The Morgan fingerprint density at radius 3 is 2.77 bits per heavy atom. The average Bonchev–Trinajstić information content (AvgIpc) is 3.35. The fourth-order valence-corrected chi connectivity index (χ4v) is 5.24. The number of thiazole rings is 1. The first-order chi connectivity index (χ1) is 12.6. The van der Waals surface area contributed by atoms with Gasteiger partial charge in [-0.15, -0.1) is 22.7 Å². The van der Waals surface area contributed by atoms with Gasteiger partial charge in [-0.05, 0) is 37.6 Å². The first-order valence-electron chi connectivity index (χ1n) is 8.44. The van der Waals surface area contributed by atoms with Crippen molar-refractivity contribution in [2.75, 3.05) is 18.4 Å². The number of benzene rings is 1. The number of hydrogen-bond donors (Lipinski definition) is 1. The summed E-state index contributed by atoms with van der Waals surface area (Å²) in [5, 5.41) is 4.37. The zero-order valence-electron chi connectivity index (χ0n) is 14.2. The second kappa shape index (κ2) is 7.39. The number of carbonyl (C=O) groups excluding carboxylic acids is 1. The largest absolute Gasteiger partial charge is 0.380 e. The van der Waals surface area contributed by atoms with E-state index in [1.54, 1.807) is 0 Å². The van der Waals surface area contributed by atoms with E-state index in [4.69, 9.17) is 11.6 Å². The van der Waals surface area contributed by atoms with Crippen molar-refractivity contribution >= 4 is 45.9 Å². The van der Waals surface area contributed by atoms with Crippen LogP contribution in [0.5, 0.6) is 0 Å². The zero-order valence-corrected chi connectivity index (χ0v) is 16.6. The van der Waals surface area contributed by atoms with Crippen molar-refractivity contribution in [2.45, 2.75) is 19.4 Å². The number of amides is 1. The lowest BCUT2D eigenvalue weighted by molar-refractivity contribution is 0.0795. The Morgan fingerprint density at radius 2 is 2.04 bits per heavy atom. The molecule has 1 aliphatic rings. The van der Waals surface area contributed by atoms with Gasteiger partial charge in [0, 0.05) is 24.8 Å². The molecule has 4 rings (SSSR count). The number of aryl methyl sites for hydroxylation is 1. The number of anilines is 1. The van der Waals surface area contributed by atoms with Crippen molar-refractivity contribution in [1.29, 1.82) is 0 Å². The van der Waals surface area contributed by atoms with E-state index in [0.717, 1.165) is 43.4 Å². The molecule has 0 spiro atoms. The van der Waals surface area contributed by atoms with Crippen LogP contribution < -0.4 is 5.32 Å². The maximum absolute atomic E-state index is 13.0. The van der Waals surface area contributed by atoms with Gasteiger partial charge < -0.3 is 10.2 Å². The SMILES string of the molecule is Cc1nc(-c2ccc(Cl)s2)sc1C(=O)N1CCC(Nc2ccccc2)C1. The molecule has 2 aromatic heterocycles. The van der Waals surface area contributed by atoms with Crippen LogP contribution in [0.15, 0.2) is 42.5 Å². The van der Waals surface area contributed by atoms with E-state index in [1.165, 1.54) is 22.7 Å². The van der Waals surface area contributed by atoms with Crippen LogP contribution in [0.25, 0.3) is 9.88 Å². The normalized spacial score (nSPS) is 16.8. The van der Waals surface area contributed by atoms with Gasteiger partial charge in [-0.3, -0.25) is 4.79 Å². The Labute approximate surface area is 165 Å². The summed E-state index contributed by atoms with van der Waals surface area (Å²) in [6, 6.07) is 14.2. The lowest BCUT2D eigenvalue weighted by Gasteiger charge is -2.17. The molecule has 1 unspecified atom stereocenters. The van der Waals surface area contributed by atoms with Crippen LogP contribution in [0.4, 0.5) is 5.69 Å². The molecule has 0 saturated carbocycles. The minimum Gasteiger partial charge on any atom is -0.380 e. The van der Waals surface area contributed by atoms with Gasteiger partial charge in [-0.25, -0.2) is 4.98 Å². The maximum Gasteiger partial charge on any atom is 0.265 e. The van der Waals surface area contributed by atoms with Crippen LogP contribution in [0.1, 0.15) is 21.8 Å². The highest BCUT2D eigenvalue weighted by molar-refractivity contribution is 7.24. The van der Waals surface area contributed by atoms with Gasteiger partial charge >= 0.3 is 0 Å². The third-order valence-electron chi connectivity index (χ3n) is 4.39. The van der Waals surface area contributed by atoms with E-state index in [9.17, 15) is 4.79 Å². The second-order valence-electron chi connectivity index (χ2n) is 6.28. The van der Waals surface area contributed by atoms with E-state index in [1.807, 2.05) is 42.2 Å². The van der Waals surface area contributed by atoms with Crippen molar-refractivity contribution in [2.24, 2.45) is 0 Å². The molecule has 1 atom stereocenters. The van der Waals surface area contributed by atoms with Gasteiger partial charge in [0.25, 0.3) is 5.91 Å². The maximum atomic E-state index is 13.0. The third-order valence-corrected chi connectivity index (χ3v) is 6.94. The fraction of sp³-hybridized carbons (Fsp3) is 0.263. The van der Waals surface area contributed by atoms with Crippen LogP contribution in [0.2, 0.25) is 4.34 Å². The summed E-state index contributed by atoms with van der Waals surface area (Å²) in [5.41, 5.74) is 1.89. The molecule has 26 heavy (non-hydrogen) atoms. The molecule has 0 radical (unpaired) electrons. The Kier molecular flexibility index (Phi) is 4.98. The number of halogens is 1. The summed E-state index contributed by atoms with van der Waals surface area (Å²) in [4.78, 5) is 21.2. The molecule has 1 aliphatic heterocycles. The monoisotopic (exact) mass is 403 g/mol. The molecule has 1 saturated heterocycles. The summed E-state index contributed by atoms with van der Waals surface area (Å²) >= 11 is 8.96. The molecule has 0 bridgehead atoms. The van der Waals surface area contributed by atoms with E-state index in [2.05, 4.69) is 22.4 Å². The number of rotatable bonds is 4. The van der Waals surface area contributed by atoms with Gasteiger partial charge in [0.1, 0.15) is 9.88 Å². The van der Waals surface area contributed by atoms with Crippen LogP contribution in [-0.4, -0.2) is 34.9 Å². The number of aromatic nitrogens is 1. The molecular weight excluding hydrogens is 386 g/mol. The highest BCUT2D eigenvalue weighted by Gasteiger charge is 2.29. The molecule has 7 heteroatoms. The molecule has 1 amide bonds. The molecule has 3 heterocycles. The molecule has 134 valence electrons. The molecule has 1 aromatic carbocycles. The highest BCUT2D eigenvalue weighted by Crippen LogP contribution is 2.35. The molecule has 1 N–H and O–H groups in total. The lowest BCUT2D eigenvalue weighted by atomic mass is 10.2. The van der Waals surface area contributed by atoms with Gasteiger partial charge in [0.15, 0.2) is 0 Å². The number of likely N-dealkylation sites (tertiary alicyclic amines) is 1. The first-order valence-corrected chi connectivity index (χ1v) is 10.5. The Morgan fingerprint density at radius 1 is 1.23 bits per heavy atom. The third kappa shape index (κ3) is 3.63. The summed E-state index contributed by atoms with van der Waals surface area (Å²) < 4.78 is 0.732. The minimum absolute atomic E-state index is 0.0752. The number of nitrogens with one attached hydrogen (secondary N) is 1. The number of para-hydroxylation sites is 1. The fourth-order valence-electron chi connectivity index (χ4n) is 3.11. The van der Waals surface area contributed by atoms with Gasteiger partial charge in [-0.1, -0.05) is 29.8 Å². The van der Waals surface area contributed by atoms with Gasteiger partial charge in [0.2, 0.25) is 0 Å². The van der Waals surface area contributed by atoms with E-state index in [0.29, 0.717) is 6.54 Å². The lowest BCUT2D eigenvalue weighted by Crippen LogP contribution is -2.31. The molecule has 4 nitrogen and oxygen atoms in total. The summed E-state index contributed by atoms with van der Waals surface area (Å²) in [6.45, 7) is 3.38. The summed E-state index contributed by atoms with van der Waals surface area (Å²) in [5.74, 6) is 0.0752. The summed E-state index contributed by atoms with van der Waals surface area (Å²) in [6.07, 6.45) is 0.950. The number of thiophene rings is 1. The van der Waals surface area contributed by atoms with Crippen LogP contribution in [0.3, 0.4) is 0 Å². The van der Waals surface area contributed by atoms with Crippen LogP contribution >= 0.6 is 34.3 Å². The van der Waals surface area contributed by atoms with Gasteiger partial charge in [-0.2, -0.15) is 0 Å². The van der Waals surface area contributed by atoms with Crippen molar-refractivity contribution in [3.63, 3.8) is 0 Å². The predicted molar refractivity (Wildman–Crippen MR) is 110 cm³/mol. The predicted octanol–water partition coefficient (Wildman–Crippen LogP) is 5.16. The van der Waals surface area contributed by atoms with Crippen molar-refractivity contribution in [3.05, 3.63) is 57.4 Å². The van der Waals surface area contributed by atoms with Gasteiger partial charge in [0.05, 0.1) is 14.9 Å². The summed E-state index contributed by atoms with van der Waals surface area (Å²) in [7, 11) is 0. The highest BCUT2D eigenvalue weighted by atomic mass is 35.5. The first kappa shape index (κ1) is 17.5. The van der Waals surface area contributed by atoms with Crippen molar-refractivity contribution in [1.82, 2.24) is 9.88 Å². The number of hydrogen-bond acceptors (Lipinski definition) is 5. The molecule has 3 aromatic rings. The number of carbonyl (C=O) groups is 1. The van der Waals surface area contributed by atoms with E-state index in [-0.39, 0.29) is 11.9 Å². The van der Waals surface area contributed by atoms with Crippen molar-refractivity contribution < 1.29 is 4.79 Å². The Balaban J connectivity index is 1.46. The van der Waals surface area contributed by atoms with Crippen LogP contribution in [-0.2, 0) is 0 Å². The smallest absolute Gasteiger partial charge is 0.265 e. The minimum atomic E-state index is 0.0752. The quantitative estimate of drug-likeness (QED) is 0.654. The molecular formula is C19H18ClN3OS2.